The number of hydrogen-bond donors (Lipinski definition) is 1. The molecule has 0 bridgehead atoms. The summed E-state index contributed by atoms with van der Waals surface area (Å²) in [4.78, 5) is 22.4. The smallest absolute Gasteiger partial charge is 0.294 e. The summed E-state index contributed by atoms with van der Waals surface area (Å²) in [5.41, 5.74) is -0.0660. The largest absolute Gasteiger partial charge is 0.316 e. The Labute approximate surface area is 137 Å². The zero-order valence-corrected chi connectivity index (χ0v) is 13.2. The number of carbonyl (C=O) groups is 1. The minimum absolute atomic E-state index is 0.0227. The minimum atomic E-state index is -0.642. The van der Waals surface area contributed by atoms with Crippen LogP contribution in [-0.4, -0.2) is 10.8 Å². The van der Waals surface area contributed by atoms with Crippen LogP contribution in [0, 0.1) is 19.5 Å². The lowest BCUT2D eigenvalue weighted by molar-refractivity contribution is -0.383. The first-order chi connectivity index (χ1) is 9.88. The number of carbonyl (C=O) groups excluding carboxylic acids is 1. The van der Waals surface area contributed by atoms with E-state index in [0.717, 1.165) is 12.1 Å². The van der Waals surface area contributed by atoms with Gasteiger partial charge in [0.1, 0.15) is 11.5 Å². The van der Waals surface area contributed by atoms with E-state index in [-0.39, 0.29) is 22.0 Å². The fourth-order valence-corrected chi connectivity index (χ4v) is 2.51. The Bertz CT molecular complexity index is 739. The number of nitrogens with one attached hydrogen (secondary N) is 1. The number of hydrogen-bond acceptors (Lipinski definition) is 3. The van der Waals surface area contributed by atoms with Crippen LogP contribution in [0.15, 0.2) is 36.4 Å². The van der Waals surface area contributed by atoms with Gasteiger partial charge in [-0.3, -0.25) is 14.9 Å². The molecule has 0 fully saturated rings. The summed E-state index contributed by atoms with van der Waals surface area (Å²) in [6.45, 7) is 0. The second-order valence-corrected chi connectivity index (χ2v) is 5.60. The van der Waals surface area contributed by atoms with E-state index in [1.807, 2.05) is 22.6 Å². The van der Waals surface area contributed by atoms with E-state index < -0.39 is 16.6 Å². The molecule has 0 aromatic heterocycles. The summed E-state index contributed by atoms with van der Waals surface area (Å²) < 4.78 is 13.4. The van der Waals surface area contributed by atoms with Crippen molar-refractivity contribution in [1.82, 2.24) is 0 Å². The van der Waals surface area contributed by atoms with Gasteiger partial charge < -0.3 is 5.32 Å². The zero-order chi connectivity index (χ0) is 15.6. The van der Waals surface area contributed by atoms with Crippen molar-refractivity contribution < 1.29 is 14.1 Å². The molecular formula is C13H7ClFIN2O3. The molecule has 2 aromatic rings. The minimum Gasteiger partial charge on any atom is -0.316 e. The highest BCUT2D eigenvalue weighted by Crippen LogP contribution is 2.28. The van der Waals surface area contributed by atoms with Gasteiger partial charge in [-0.05, 0) is 52.9 Å². The number of amides is 1. The van der Waals surface area contributed by atoms with Gasteiger partial charge in [0.15, 0.2) is 0 Å². The number of nitro benzene ring substituents is 1. The van der Waals surface area contributed by atoms with Crippen LogP contribution in [0.4, 0.5) is 15.8 Å². The van der Waals surface area contributed by atoms with Crippen molar-refractivity contribution >= 4 is 51.5 Å². The standard InChI is InChI=1S/C13H7ClFIN2O3/c14-7-1-4-11(12(5-7)18(20)21)17-13(19)9-3-2-8(15)6-10(9)16/h1-6H,(H,17,19). The highest BCUT2D eigenvalue weighted by Gasteiger charge is 2.18. The number of nitrogens with zero attached hydrogens (tertiary/aromatic N) is 1. The molecule has 0 aliphatic rings. The quantitative estimate of drug-likeness (QED) is 0.458. The first-order valence-corrected chi connectivity index (χ1v) is 7.04. The number of halogens is 3. The predicted octanol–water partition coefficient (Wildman–Crippen LogP) is 4.24. The van der Waals surface area contributed by atoms with E-state index in [2.05, 4.69) is 5.32 Å². The van der Waals surface area contributed by atoms with E-state index in [0.29, 0.717) is 3.57 Å². The van der Waals surface area contributed by atoms with Gasteiger partial charge in [-0.25, -0.2) is 4.39 Å². The van der Waals surface area contributed by atoms with Crippen LogP contribution in [-0.2, 0) is 0 Å². The maximum Gasteiger partial charge on any atom is 0.294 e. The summed E-state index contributed by atoms with van der Waals surface area (Å²) in [6, 6.07) is 7.58. The monoisotopic (exact) mass is 420 g/mol. The Balaban J connectivity index is 2.34. The van der Waals surface area contributed by atoms with Crippen LogP contribution in [0.2, 0.25) is 5.02 Å². The fraction of sp³-hybridized carbons (Fsp3) is 0. The van der Waals surface area contributed by atoms with Gasteiger partial charge in [0.2, 0.25) is 0 Å². The highest BCUT2D eigenvalue weighted by atomic mass is 127. The summed E-state index contributed by atoms with van der Waals surface area (Å²) in [5, 5.41) is 13.6. The zero-order valence-electron chi connectivity index (χ0n) is 10.3. The molecule has 8 heteroatoms. The van der Waals surface area contributed by atoms with Crippen molar-refractivity contribution in [1.29, 1.82) is 0 Å². The van der Waals surface area contributed by atoms with E-state index in [1.54, 1.807) is 0 Å². The molecule has 0 aliphatic heterocycles. The van der Waals surface area contributed by atoms with Gasteiger partial charge in [-0.2, -0.15) is 0 Å². The molecule has 0 unspecified atom stereocenters. The molecule has 108 valence electrons. The molecule has 5 nitrogen and oxygen atoms in total. The lowest BCUT2D eigenvalue weighted by atomic mass is 10.2. The Morgan fingerprint density at radius 3 is 2.62 bits per heavy atom. The predicted molar refractivity (Wildman–Crippen MR) is 85.2 cm³/mol. The molecule has 0 atom stereocenters. The van der Waals surface area contributed by atoms with Crippen LogP contribution < -0.4 is 5.32 Å². The van der Waals surface area contributed by atoms with E-state index in [1.165, 1.54) is 24.3 Å². The van der Waals surface area contributed by atoms with Gasteiger partial charge in [0.25, 0.3) is 11.6 Å². The van der Waals surface area contributed by atoms with Gasteiger partial charge in [0, 0.05) is 14.7 Å². The fourth-order valence-electron chi connectivity index (χ4n) is 1.62. The average Bonchev–Trinajstić information content (AvgIpc) is 2.40. The van der Waals surface area contributed by atoms with Crippen LogP contribution in [0.1, 0.15) is 10.4 Å². The first-order valence-electron chi connectivity index (χ1n) is 5.59. The maximum absolute atomic E-state index is 13.0. The van der Waals surface area contributed by atoms with Gasteiger partial charge in [-0.1, -0.05) is 11.6 Å². The average molecular weight is 421 g/mol. The molecule has 21 heavy (non-hydrogen) atoms. The van der Waals surface area contributed by atoms with E-state index >= 15 is 0 Å². The van der Waals surface area contributed by atoms with Gasteiger partial charge in [0.05, 0.1) is 10.5 Å². The lowest BCUT2D eigenvalue weighted by Gasteiger charge is -2.08. The Hall–Kier alpha value is -1.74. The van der Waals surface area contributed by atoms with Crippen molar-refractivity contribution in [3.05, 3.63) is 66.5 Å². The summed E-state index contributed by atoms with van der Waals surface area (Å²) in [7, 11) is 0. The van der Waals surface area contributed by atoms with Gasteiger partial charge in [-0.15, -0.1) is 0 Å². The highest BCUT2D eigenvalue weighted by molar-refractivity contribution is 14.1. The van der Waals surface area contributed by atoms with Gasteiger partial charge >= 0.3 is 0 Å². The van der Waals surface area contributed by atoms with Crippen molar-refractivity contribution in [3.63, 3.8) is 0 Å². The van der Waals surface area contributed by atoms with Crippen molar-refractivity contribution in [2.24, 2.45) is 0 Å². The molecule has 2 aromatic carbocycles. The number of rotatable bonds is 3. The normalized spacial score (nSPS) is 10.2. The maximum atomic E-state index is 13.0. The van der Waals surface area contributed by atoms with Crippen LogP contribution in [0.25, 0.3) is 0 Å². The Morgan fingerprint density at radius 1 is 1.29 bits per heavy atom. The third kappa shape index (κ3) is 3.67. The third-order valence-electron chi connectivity index (χ3n) is 2.58. The second-order valence-electron chi connectivity index (χ2n) is 4.00. The second kappa shape index (κ2) is 6.35. The summed E-state index contributed by atoms with van der Waals surface area (Å²) in [5.74, 6) is -1.03. The molecule has 1 N–H and O–H groups in total. The number of nitro groups is 1. The third-order valence-corrected chi connectivity index (χ3v) is 3.71. The Morgan fingerprint density at radius 2 is 2.00 bits per heavy atom. The first kappa shape index (κ1) is 15.6. The number of anilines is 1. The van der Waals surface area contributed by atoms with Crippen LogP contribution in [0.5, 0.6) is 0 Å². The van der Waals surface area contributed by atoms with Crippen molar-refractivity contribution in [3.8, 4) is 0 Å². The lowest BCUT2D eigenvalue weighted by Crippen LogP contribution is -2.14. The molecule has 0 aliphatic carbocycles. The molecule has 0 spiro atoms. The molecule has 0 heterocycles. The van der Waals surface area contributed by atoms with Crippen molar-refractivity contribution in [2.75, 3.05) is 5.32 Å². The van der Waals surface area contributed by atoms with E-state index in [9.17, 15) is 19.3 Å². The SMILES string of the molecule is O=C(Nc1ccc(Cl)cc1[N+](=O)[O-])c1ccc(F)cc1I. The molecule has 0 saturated heterocycles. The topological polar surface area (TPSA) is 72.2 Å². The van der Waals surface area contributed by atoms with Crippen LogP contribution >= 0.6 is 34.2 Å². The number of benzene rings is 2. The van der Waals surface area contributed by atoms with Crippen molar-refractivity contribution in [2.45, 2.75) is 0 Å². The molecular weight excluding hydrogens is 414 g/mol. The molecule has 2 rings (SSSR count). The summed E-state index contributed by atoms with van der Waals surface area (Å²) in [6.07, 6.45) is 0. The molecule has 1 amide bonds. The van der Waals surface area contributed by atoms with Crippen LogP contribution in [0.3, 0.4) is 0 Å². The molecule has 0 saturated carbocycles. The van der Waals surface area contributed by atoms with E-state index in [4.69, 9.17) is 11.6 Å². The molecule has 0 radical (unpaired) electrons. The Kier molecular flexibility index (Phi) is 4.73. The summed E-state index contributed by atoms with van der Waals surface area (Å²) >= 11 is 7.51.